The zero-order chi connectivity index (χ0) is 17.8. The monoisotopic (exact) mass is 333 g/mol. The third-order valence-electron chi connectivity index (χ3n) is 2.71. The number of ether oxygens (including phenoxy) is 1. The van der Waals surface area contributed by atoms with E-state index in [1.807, 2.05) is 0 Å². The van der Waals surface area contributed by atoms with Crippen LogP contribution in [0.2, 0.25) is 0 Å². The summed E-state index contributed by atoms with van der Waals surface area (Å²) in [6.45, 7) is 4.76. The molecule has 2 N–H and O–H groups in total. The first-order valence-corrected chi connectivity index (χ1v) is 6.77. The lowest BCUT2D eigenvalue weighted by Gasteiger charge is -2.25. The third-order valence-corrected chi connectivity index (χ3v) is 2.71. The number of amides is 1. The summed E-state index contributed by atoms with van der Waals surface area (Å²) in [6.07, 6.45) is -6.35. The van der Waals surface area contributed by atoms with E-state index in [0.29, 0.717) is 0 Å². The minimum absolute atomic E-state index is 0.326. The minimum atomic E-state index is -4.66. The average molecular weight is 333 g/mol. The normalized spacial score (nSPS) is 13.3. The van der Waals surface area contributed by atoms with Gasteiger partial charge in [0.15, 0.2) is 0 Å². The second-order valence-corrected chi connectivity index (χ2v) is 5.88. The highest BCUT2D eigenvalue weighted by atomic mass is 19.4. The van der Waals surface area contributed by atoms with Gasteiger partial charge in [0.05, 0.1) is 18.0 Å². The Morgan fingerprint density at radius 2 is 1.78 bits per heavy atom. The molecule has 128 valence electrons. The van der Waals surface area contributed by atoms with E-state index >= 15 is 0 Å². The highest BCUT2D eigenvalue weighted by molar-refractivity contribution is 5.72. The van der Waals surface area contributed by atoms with Crippen molar-refractivity contribution in [3.63, 3.8) is 0 Å². The number of benzene rings is 1. The Bertz CT molecular complexity index is 579. The molecular formula is C15H18F3NO4. The Morgan fingerprint density at radius 1 is 1.22 bits per heavy atom. The summed E-state index contributed by atoms with van der Waals surface area (Å²) in [7, 11) is 0. The fraction of sp³-hybridized carbons (Fsp3) is 0.467. The summed E-state index contributed by atoms with van der Waals surface area (Å²) in [5.74, 6) is -1.34. The smallest absolute Gasteiger partial charge is 0.416 e. The van der Waals surface area contributed by atoms with Crippen LogP contribution >= 0.6 is 0 Å². The maximum absolute atomic E-state index is 13.1. The number of alkyl carbamates (subject to hydrolysis) is 1. The summed E-state index contributed by atoms with van der Waals surface area (Å²) in [6, 6.07) is 3.14. The number of halogens is 3. The van der Waals surface area contributed by atoms with Crippen molar-refractivity contribution >= 4 is 12.1 Å². The summed E-state index contributed by atoms with van der Waals surface area (Å²) in [4.78, 5) is 22.7. The molecule has 8 heteroatoms. The van der Waals surface area contributed by atoms with Crippen LogP contribution in [0.5, 0.6) is 0 Å². The van der Waals surface area contributed by atoms with Crippen LogP contribution in [-0.4, -0.2) is 22.8 Å². The van der Waals surface area contributed by atoms with E-state index in [4.69, 9.17) is 9.84 Å². The fourth-order valence-corrected chi connectivity index (χ4v) is 1.92. The molecule has 0 radical (unpaired) electrons. The molecule has 0 spiro atoms. The summed E-state index contributed by atoms with van der Waals surface area (Å²) >= 11 is 0. The summed E-state index contributed by atoms with van der Waals surface area (Å²) < 4.78 is 44.2. The number of carbonyl (C=O) groups is 2. The molecule has 1 aromatic carbocycles. The van der Waals surface area contributed by atoms with Crippen LogP contribution < -0.4 is 5.32 Å². The lowest BCUT2D eigenvalue weighted by atomic mass is 9.97. The van der Waals surface area contributed by atoms with Gasteiger partial charge in [0, 0.05) is 0 Å². The van der Waals surface area contributed by atoms with Gasteiger partial charge in [0.2, 0.25) is 0 Å². The highest BCUT2D eigenvalue weighted by Gasteiger charge is 2.36. The van der Waals surface area contributed by atoms with Crippen molar-refractivity contribution in [2.24, 2.45) is 0 Å². The number of carboxylic acids is 1. The van der Waals surface area contributed by atoms with Crippen LogP contribution in [0.15, 0.2) is 24.3 Å². The molecule has 1 aromatic rings. The number of carbonyl (C=O) groups excluding carboxylic acids is 1. The van der Waals surface area contributed by atoms with Gasteiger partial charge in [0.1, 0.15) is 5.60 Å². The van der Waals surface area contributed by atoms with Crippen molar-refractivity contribution in [1.29, 1.82) is 0 Å². The topological polar surface area (TPSA) is 75.6 Å². The van der Waals surface area contributed by atoms with E-state index in [1.54, 1.807) is 20.8 Å². The lowest BCUT2D eigenvalue weighted by Crippen LogP contribution is -2.36. The number of hydrogen-bond acceptors (Lipinski definition) is 3. The van der Waals surface area contributed by atoms with E-state index in [9.17, 15) is 22.8 Å². The lowest BCUT2D eigenvalue weighted by molar-refractivity contribution is -0.140. The van der Waals surface area contributed by atoms with Crippen molar-refractivity contribution in [3.8, 4) is 0 Å². The second-order valence-electron chi connectivity index (χ2n) is 5.88. The van der Waals surface area contributed by atoms with Gasteiger partial charge in [-0.3, -0.25) is 4.79 Å². The van der Waals surface area contributed by atoms with Gasteiger partial charge in [-0.1, -0.05) is 18.2 Å². The van der Waals surface area contributed by atoms with E-state index in [2.05, 4.69) is 5.32 Å². The summed E-state index contributed by atoms with van der Waals surface area (Å²) in [5, 5.41) is 11.1. The predicted molar refractivity (Wildman–Crippen MR) is 75.8 cm³/mol. The number of rotatable bonds is 4. The van der Waals surface area contributed by atoms with Crippen molar-refractivity contribution in [1.82, 2.24) is 5.32 Å². The van der Waals surface area contributed by atoms with Gasteiger partial charge < -0.3 is 15.2 Å². The molecule has 0 saturated carbocycles. The first-order chi connectivity index (χ1) is 10.4. The van der Waals surface area contributed by atoms with Crippen molar-refractivity contribution < 1.29 is 32.6 Å². The van der Waals surface area contributed by atoms with Crippen LogP contribution in [0.1, 0.15) is 44.4 Å². The van der Waals surface area contributed by atoms with Gasteiger partial charge in [-0.15, -0.1) is 0 Å². The molecular weight excluding hydrogens is 315 g/mol. The molecule has 0 bridgehead atoms. The molecule has 0 aliphatic carbocycles. The predicted octanol–water partition coefficient (Wildman–Crippen LogP) is 3.75. The van der Waals surface area contributed by atoms with Crippen molar-refractivity contribution in [2.45, 2.75) is 45.0 Å². The largest absolute Gasteiger partial charge is 0.481 e. The molecule has 23 heavy (non-hydrogen) atoms. The van der Waals surface area contributed by atoms with Gasteiger partial charge in [-0.2, -0.15) is 13.2 Å². The van der Waals surface area contributed by atoms with Crippen molar-refractivity contribution in [2.75, 3.05) is 0 Å². The van der Waals surface area contributed by atoms with Gasteiger partial charge >= 0.3 is 18.2 Å². The minimum Gasteiger partial charge on any atom is -0.481 e. The van der Waals surface area contributed by atoms with Gasteiger partial charge in [0.25, 0.3) is 0 Å². The van der Waals surface area contributed by atoms with Crippen molar-refractivity contribution in [3.05, 3.63) is 35.4 Å². The SMILES string of the molecule is CC(C)(C)OC(=O)N[C@H](CC(=O)O)c1ccccc1C(F)(F)F. The first-order valence-electron chi connectivity index (χ1n) is 6.77. The molecule has 0 fully saturated rings. The molecule has 5 nitrogen and oxygen atoms in total. The highest BCUT2D eigenvalue weighted by Crippen LogP contribution is 2.35. The Labute approximate surface area is 131 Å². The number of alkyl halides is 3. The maximum Gasteiger partial charge on any atom is 0.416 e. The number of hydrogen-bond donors (Lipinski definition) is 2. The molecule has 1 rings (SSSR count). The average Bonchev–Trinajstić information content (AvgIpc) is 2.34. The standard InChI is InChI=1S/C15H18F3NO4/c1-14(2,3)23-13(22)19-11(8-12(20)21)9-6-4-5-7-10(9)15(16,17)18/h4-7,11H,8H2,1-3H3,(H,19,22)(H,20,21)/t11-/m1/s1. The van der Waals surface area contributed by atoms with Gasteiger partial charge in [-0.25, -0.2) is 4.79 Å². The molecule has 0 heterocycles. The van der Waals surface area contributed by atoms with E-state index in [0.717, 1.165) is 12.1 Å². The Kier molecular flexibility index (Phi) is 5.63. The first kappa shape index (κ1) is 18.8. The van der Waals surface area contributed by atoms with E-state index in [-0.39, 0.29) is 5.56 Å². The fourth-order valence-electron chi connectivity index (χ4n) is 1.92. The number of nitrogens with one attached hydrogen (secondary N) is 1. The van der Waals surface area contributed by atoms with Gasteiger partial charge in [-0.05, 0) is 32.4 Å². The molecule has 0 aromatic heterocycles. The summed E-state index contributed by atoms with van der Waals surface area (Å²) in [5.41, 5.74) is -2.18. The Balaban J connectivity index is 3.13. The quantitative estimate of drug-likeness (QED) is 0.880. The third kappa shape index (κ3) is 6.17. The Morgan fingerprint density at radius 3 is 2.26 bits per heavy atom. The van der Waals surface area contributed by atoms with E-state index in [1.165, 1.54) is 12.1 Å². The molecule has 0 aliphatic heterocycles. The second kappa shape index (κ2) is 6.89. The molecule has 1 amide bonds. The number of carboxylic acid groups (broad SMARTS) is 1. The maximum atomic E-state index is 13.1. The van der Waals surface area contributed by atoms with Crippen LogP contribution in [-0.2, 0) is 15.7 Å². The van der Waals surface area contributed by atoms with Crippen LogP contribution in [0.4, 0.5) is 18.0 Å². The number of aliphatic carboxylic acids is 1. The molecule has 0 unspecified atom stereocenters. The van der Waals surface area contributed by atoms with Crippen LogP contribution in [0.3, 0.4) is 0 Å². The van der Waals surface area contributed by atoms with Crippen LogP contribution in [0, 0.1) is 0 Å². The molecule has 0 saturated heterocycles. The zero-order valence-corrected chi connectivity index (χ0v) is 12.9. The Hall–Kier alpha value is -2.25. The zero-order valence-electron chi connectivity index (χ0n) is 12.9. The van der Waals surface area contributed by atoms with Crippen LogP contribution in [0.25, 0.3) is 0 Å². The molecule has 1 atom stereocenters. The molecule has 0 aliphatic rings. The van der Waals surface area contributed by atoms with E-state index < -0.39 is 41.9 Å².